The topological polar surface area (TPSA) is 105 Å². The summed E-state index contributed by atoms with van der Waals surface area (Å²) in [6.07, 6.45) is 3.36. The number of ether oxygens (including phenoxy) is 2. The number of nitro benzene ring substituents is 1. The lowest BCUT2D eigenvalue weighted by Crippen LogP contribution is -2.03. The van der Waals surface area contributed by atoms with Crippen LogP contribution in [0.3, 0.4) is 0 Å². The zero-order valence-corrected chi connectivity index (χ0v) is 15.4. The molecular weight excluding hydrogens is 346 g/mol. The van der Waals surface area contributed by atoms with Gasteiger partial charge >= 0.3 is 5.69 Å². The summed E-state index contributed by atoms with van der Waals surface area (Å²) in [6, 6.07) is 2.82. The van der Waals surface area contributed by atoms with Crippen LogP contribution in [0.2, 0.25) is 0 Å². The molecule has 9 nitrogen and oxygen atoms in total. The molecule has 2 rings (SSSR count). The molecule has 0 saturated heterocycles. The maximum atomic E-state index is 11.2. The van der Waals surface area contributed by atoms with Gasteiger partial charge < -0.3 is 9.47 Å². The Hall–Kier alpha value is -2.62. The van der Waals surface area contributed by atoms with Gasteiger partial charge in [0.1, 0.15) is 5.75 Å². The molecule has 2 aromatic rings. The van der Waals surface area contributed by atoms with Gasteiger partial charge in [-0.15, -0.1) is 10.2 Å². The van der Waals surface area contributed by atoms with E-state index in [1.807, 2.05) is 20.1 Å². The number of hydrogen-bond acceptors (Lipinski definition) is 8. The second kappa shape index (κ2) is 7.97. The van der Waals surface area contributed by atoms with Crippen LogP contribution in [0, 0.1) is 10.1 Å². The van der Waals surface area contributed by atoms with E-state index in [-0.39, 0.29) is 17.4 Å². The van der Waals surface area contributed by atoms with Gasteiger partial charge in [-0.3, -0.25) is 10.1 Å². The maximum absolute atomic E-state index is 11.2. The van der Waals surface area contributed by atoms with Crippen LogP contribution in [0.1, 0.15) is 31.2 Å². The molecule has 0 spiro atoms. The molecule has 25 heavy (non-hydrogen) atoms. The predicted octanol–water partition coefficient (Wildman–Crippen LogP) is 2.93. The van der Waals surface area contributed by atoms with Gasteiger partial charge in [0.2, 0.25) is 10.9 Å². The smallest absolute Gasteiger partial charge is 0.311 e. The lowest BCUT2D eigenvalue weighted by molar-refractivity contribution is -0.385. The van der Waals surface area contributed by atoms with Gasteiger partial charge in [0, 0.05) is 23.6 Å². The van der Waals surface area contributed by atoms with E-state index < -0.39 is 4.92 Å². The van der Waals surface area contributed by atoms with Crippen molar-refractivity contribution in [1.29, 1.82) is 0 Å². The largest absolute Gasteiger partial charge is 0.496 e. The van der Waals surface area contributed by atoms with Gasteiger partial charge in [-0.1, -0.05) is 25.6 Å². The Morgan fingerprint density at radius 3 is 2.48 bits per heavy atom. The third-order valence-electron chi connectivity index (χ3n) is 3.38. The highest BCUT2D eigenvalue weighted by Crippen LogP contribution is 2.33. The van der Waals surface area contributed by atoms with Crippen LogP contribution >= 0.6 is 11.8 Å². The number of rotatable bonds is 7. The molecule has 10 heteroatoms. The normalized spacial score (nSPS) is 11.3. The van der Waals surface area contributed by atoms with E-state index in [0.717, 1.165) is 0 Å². The van der Waals surface area contributed by atoms with Gasteiger partial charge in [-0.25, -0.2) is 0 Å². The Bertz CT molecular complexity index is 803. The minimum absolute atomic E-state index is 0.121. The van der Waals surface area contributed by atoms with Crippen molar-refractivity contribution in [3.63, 3.8) is 0 Å². The van der Waals surface area contributed by atoms with Crippen LogP contribution in [0.5, 0.6) is 11.5 Å². The molecule has 0 aliphatic carbocycles. The number of nitro groups is 1. The van der Waals surface area contributed by atoms with Crippen molar-refractivity contribution in [3.8, 4) is 11.5 Å². The summed E-state index contributed by atoms with van der Waals surface area (Å²) < 4.78 is 11.9. The molecule has 0 atom stereocenters. The fourth-order valence-corrected chi connectivity index (χ4v) is 2.58. The van der Waals surface area contributed by atoms with E-state index in [4.69, 9.17) is 9.47 Å². The summed E-state index contributed by atoms with van der Waals surface area (Å²) in [4.78, 5) is 10.7. The first-order chi connectivity index (χ1) is 11.9. The number of nitrogens with zero attached hydrogens (tertiary/aromatic N) is 5. The standard InChI is InChI=1S/C15H19N5O4S/c1-9(2)14-17-18-15(25-5)19(14)16-8-10-6-11(20(21)22)13(24-4)7-12(10)23-3/h6-9H,1-5H3/b16-8-. The van der Waals surface area contributed by atoms with Crippen molar-refractivity contribution >= 4 is 23.7 Å². The van der Waals surface area contributed by atoms with E-state index in [1.165, 1.54) is 44.3 Å². The molecule has 0 aliphatic heterocycles. The molecule has 1 aromatic carbocycles. The number of methoxy groups -OCH3 is 2. The first-order valence-corrected chi connectivity index (χ1v) is 8.59. The van der Waals surface area contributed by atoms with Crippen molar-refractivity contribution < 1.29 is 14.4 Å². The number of hydrogen-bond donors (Lipinski definition) is 0. The van der Waals surface area contributed by atoms with Crippen LogP contribution in [0.15, 0.2) is 22.4 Å². The Labute approximate surface area is 149 Å². The van der Waals surface area contributed by atoms with Gasteiger partial charge in [0.15, 0.2) is 5.82 Å². The fraction of sp³-hybridized carbons (Fsp3) is 0.400. The zero-order valence-electron chi connectivity index (χ0n) is 14.6. The first-order valence-electron chi connectivity index (χ1n) is 7.37. The maximum Gasteiger partial charge on any atom is 0.311 e. The highest BCUT2D eigenvalue weighted by atomic mass is 32.2. The zero-order chi connectivity index (χ0) is 18.6. The van der Waals surface area contributed by atoms with Gasteiger partial charge in [-0.05, 0) is 6.26 Å². The molecule has 0 unspecified atom stereocenters. The Kier molecular flexibility index (Phi) is 5.97. The van der Waals surface area contributed by atoms with E-state index >= 15 is 0 Å². The van der Waals surface area contributed by atoms with Crippen molar-refractivity contribution in [3.05, 3.63) is 33.6 Å². The third kappa shape index (κ3) is 3.90. The number of benzene rings is 1. The van der Waals surface area contributed by atoms with Gasteiger partial charge in [-0.2, -0.15) is 9.78 Å². The van der Waals surface area contributed by atoms with E-state index in [1.54, 1.807) is 4.68 Å². The quantitative estimate of drug-likeness (QED) is 0.321. The second-order valence-corrected chi connectivity index (χ2v) is 6.05. The summed E-state index contributed by atoms with van der Waals surface area (Å²) in [7, 11) is 2.84. The molecule has 134 valence electrons. The van der Waals surface area contributed by atoms with Crippen molar-refractivity contribution in [2.75, 3.05) is 20.5 Å². The second-order valence-electron chi connectivity index (χ2n) is 5.28. The molecule has 0 N–H and O–H groups in total. The van der Waals surface area contributed by atoms with Crippen LogP contribution in [0.25, 0.3) is 0 Å². The molecule has 0 fully saturated rings. The molecule has 1 heterocycles. The van der Waals surface area contributed by atoms with Crippen LogP contribution < -0.4 is 9.47 Å². The molecule has 0 radical (unpaired) electrons. The predicted molar refractivity (Wildman–Crippen MR) is 95.1 cm³/mol. The molecule has 0 aliphatic rings. The van der Waals surface area contributed by atoms with E-state index in [0.29, 0.717) is 22.3 Å². The van der Waals surface area contributed by atoms with E-state index in [9.17, 15) is 10.1 Å². The number of aromatic nitrogens is 3. The molecule has 1 aromatic heterocycles. The average Bonchev–Trinajstić information content (AvgIpc) is 3.02. The SMILES string of the molecule is COc1cc(OC)c([N+](=O)[O-])cc1/C=N\n1c(SC)nnc1C(C)C. The first kappa shape index (κ1) is 18.7. The molecule has 0 bridgehead atoms. The van der Waals surface area contributed by atoms with Crippen molar-refractivity contribution in [1.82, 2.24) is 14.9 Å². The van der Waals surface area contributed by atoms with Crippen LogP contribution in [0.4, 0.5) is 5.69 Å². The molecular formula is C15H19N5O4S. The average molecular weight is 365 g/mol. The Morgan fingerprint density at radius 2 is 1.96 bits per heavy atom. The molecule has 0 amide bonds. The lowest BCUT2D eigenvalue weighted by atomic mass is 10.1. The Morgan fingerprint density at radius 1 is 1.28 bits per heavy atom. The Balaban J connectivity index is 2.53. The van der Waals surface area contributed by atoms with Gasteiger partial charge in [0.05, 0.1) is 25.4 Å². The van der Waals surface area contributed by atoms with Gasteiger partial charge in [0.25, 0.3) is 0 Å². The summed E-state index contributed by atoms with van der Waals surface area (Å²) in [5, 5.41) is 24.5. The van der Waals surface area contributed by atoms with E-state index in [2.05, 4.69) is 15.3 Å². The monoisotopic (exact) mass is 365 g/mol. The van der Waals surface area contributed by atoms with Crippen molar-refractivity contribution in [2.24, 2.45) is 5.10 Å². The lowest BCUT2D eigenvalue weighted by Gasteiger charge is -2.09. The minimum atomic E-state index is -0.513. The van der Waals surface area contributed by atoms with Crippen LogP contribution in [-0.2, 0) is 0 Å². The highest BCUT2D eigenvalue weighted by molar-refractivity contribution is 7.98. The summed E-state index contributed by atoms with van der Waals surface area (Å²) in [5.41, 5.74) is 0.285. The minimum Gasteiger partial charge on any atom is -0.496 e. The van der Waals surface area contributed by atoms with Crippen LogP contribution in [-0.4, -0.2) is 46.5 Å². The summed E-state index contributed by atoms with van der Waals surface area (Å²) in [6.45, 7) is 3.97. The molecule has 0 saturated carbocycles. The number of thioether (sulfide) groups is 1. The summed E-state index contributed by atoms with van der Waals surface area (Å²) >= 11 is 1.41. The van der Waals surface area contributed by atoms with Crippen molar-refractivity contribution in [2.45, 2.75) is 24.9 Å². The summed E-state index contributed by atoms with van der Waals surface area (Å²) in [5.74, 6) is 1.35. The highest BCUT2D eigenvalue weighted by Gasteiger charge is 2.19. The third-order valence-corrected chi connectivity index (χ3v) is 4.00. The fourth-order valence-electron chi connectivity index (χ4n) is 2.14.